The van der Waals surface area contributed by atoms with Crippen molar-refractivity contribution in [1.82, 2.24) is 9.55 Å². The second-order valence-electron chi connectivity index (χ2n) is 6.73. The van der Waals surface area contributed by atoms with Crippen molar-refractivity contribution < 1.29 is 9.18 Å². The number of benzene rings is 2. The fourth-order valence-corrected chi connectivity index (χ4v) is 4.96. The Labute approximate surface area is 179 Å². The van der Waals surface area contributed by atoms with Crippen LogP contribution in [0.3, 0.4) is 0 Å². The molecule has 1 N–H and O–H groups in total. The van der Waals surface area contributed by atoms with Gasteiger partial charge in [-0.05, 0) is 23.3 Å². The van der Waals surface area contributed by atoms with Gasteiger partial charge in [-0.25, -0.2) is 4.39 Å². The Bertz CT molecular complexity index is 1160. The van der Waals surface area contributed by atoms with Crippen LogP contribution in [0.15, 0.2) is 63.0 Å². The van der Waals surface area contributed by atoms with Gasteiger partial charge in [0.15, 0.2) is 5.16 Å². The second kappa shape index (κ2) is 8.12. The Morgan fingerprint density at radius 1 is 1.21 bits per heavy atom. The van der Waals surface area contributed by atoms with E-state index < -0.39 is 0 Å². The van der Waals surface area contributed by atoms with E-state index in [4.69, 9.17) is 0 Å². The summed E-state index contributed by atoms with van der Waals surface area (Å²) in [4.78, 5) is 29.6. The van der Waals surface area contributed by atoms with E-state index in [-0.39, 0.29) is 29.6 Å². The average molecular weight is 474 g/mol. The molecule has 0 aliphatic carbocycles. The topological polar surface area (TPSA) is 64.0 Å². The van der Waals surface area contributed by atoms with Crippen LogP contribution in [-0.4, -0.2) is 15.5 Å². The molecule has 0 radical (unpaired) electrons. The molecular formula is C21H17BrFN3O2S. The van der Waals surface area contributed by atoms with Crippen LogP contribution in [0.5, 0.6) is 0 Å². The van der Waals surface area contributed by atoms with Crippen molar-refractivity contribution in [2.45, 2.75) is 23.2 Å². The number of aromatic nitrogens is 2. The SMILES string of the molecule is Cn1c(SCc2ccccc2F)nc(=O)c2c1NC(=O)CC2c1ccccc1Br. The molecule has 8 heteroatoms. The minimum atomic E-state index is -0.383. The summed E-state index contributed by atoms with van der Waals surface area (Å²) in [7, 11) is 1.75. The molecule has 29 heavy (non-hydrogen) atoms. The molecule has 148 valence electrons. The van der Waals surface area contributed by atoms with Crippen LogP contribution in [0.25, 0.3) is 0 Å². The Morgan fingerprint density at radius 3 is 2.69 bits per heavy atom. The number of hydrogen-bond acceptors (Lipinski definition) is 4. The number of hydrogen-bond donors (Lipinski definition) is 1. The first-order chi connectivity index (χ1) is 14.0. The van der Waals surface area contributed by atoms with Gasteiger partial charge in [0.2, 0.25) is 5.91 Å². The normalized spacial score (nSPS) is 15.7. The fraction of sp³-hybridized carbons (Fsp3) is 0.190. The van der Waals surface area contributed by atoms with Crippen molar-refractivity contribution >= 4 is 39.4 Å². The third-order valence-corrected chi connectivity index (χ3v) is 6.70. The summed E-state index contributed by atoms with van der Waals surface area (Å²) >= 11 is 4.77. The number of fused-ring (bicyclic) bond motifs is 1. The van der Waals surface area contributed by atoms with E-state index in [0.29, 0.717) is 27.9 Å². The maximum absolute atomic E-state index is 13.9. The van der Waals surface area contributed by atoms with Crippen LogP contribution in [0, 0.1) is 5.82 Å². The highest BCUT2D eigenvalue weighted by atomic mass is 79.9. The van der Waals surface area contributed by atoms with Gasteiger partial charge in [0, 0.05) is 29.6 Å². The molecule has 2 heterocycles. The van der Waals surface area contributed by atoms with Crippen LogP contribution in [0.2, 0.25) is 0 Å². The van der Waals surface area contributed by atoms with Crippen molar-refractivity contribution in [2.75, 3.05) is 5.32 Å². The number of thioether (sulfide) groups is 1. The third-order valence-electron chi connectivity index (χ3n) is 4.90. The molecule has 4 rings (SSSR count). The second-order valence-corrected chi connectivity index (χ2v) is 8.52. The van der Waals surface area contributed by atoms with E-state index in [1.54, 1.807) is 29.8 Å². The van der Waals surface area contributed by atoms with Crippen LogP contribution < -0.4 is 10.9 Å². The highest BCUT2D eigenvalue weighted by Crippen LogP contribution is 2.38. The summed E-state index contributed by atoms with van der Waals surface area (Å²) in [6.45, 7) is 0. The highest BCUT2D eigenvalue weighted by Gasteiger charge is 2.33. The number of anilines is 1. The summed E-state index contributed by atoms with van der Waals surface area (Å²) in [5.41, 5.74) is 1.48. The van der Waals surface area contributed by atoms with Crippen LogP contribution in [0.1, 0.15) is 29.0 Å². The van der Waals surface area contributed by atoms with Crippen molar-refractivity contribution in [1.29, 1.82) is 0 Å². The van der Waals surface area contributed by atoms with E-state index in [9.17, 15) is 14.0 Å². The lowest BCUT2D eigenvalue weighted by molar-refractivity contribution is -0.116. The molecule has 0 saturated carbocycles. The predicted octanol–water partition coefficient (Wildman–Crippen LogP) is 4.45. The summed E-state index contributed by atoms with van der Waals surface area (Å²) in [5.74, 6) is -0.0770. The zero-order valence-corrected chi connectivity index (χ0v) is 17.9. The molecule has 1 unspecified atom stereocenters. The molecule has 1 aliphatic rings. The largest absolute Gasteiger partial charge is 0.312 e. The first kappa shape index (κ1) is 19.8. The molecule has 3 aromatic rings. The lowest BCUT2D eigenvalue weighted by Crippen LogP contribution is -2.33. The first-order valence-corrected chi connectivity index (χ1v) is 10.7. The Hall–Kier alpha value is -2.45. The van der Waals surface area contributed by atoms with Gasteiger partial charge in [0.1, 0.15) is 11.6 Å². The minimum Gasteiger partial charge on any atom is -0.312 e. The minimum absolute atomic E-state index is 0.162. The third kappa shape index (κ3) is 3.86. The fourth-order valence-electron chi connectivity index (χ4n) is 3.45. The van der Waals surface area contributed by atoms with Crippen molar-refractivity contribution in [2.24, 2.45) is 7.05 Å². The van der Waals surface area contributed by atoms with E-state index in [1.165, 1.54) is 17.8 Å². The number of nitrogens with one attached hydrogen (secondary N) is 1. The standard InChI is InChI=1S/C21H17BrFN3O2S/c1-26-19-18(14(10-17(27)24-19)13-7-3-4-8-15(13)22)20(28)25-21(26)29-11-12-6-2-5-9-16(12)23/h2-9,14H,10-11H2,1H3,(H,24,27). The predicted molar refractivity (Wildman–Crippen MR) is 115 cm³/mol. The summed E-state index contributed by atoms with van der Waals surface area (Å²) < 4.78 is 16.4. The molecule has 1 amide bonds. The number of carbonyl (C=O) groups excluding carboxylic acids is 1. The van der Waals surface area contributed by atoms with Gasteiger partial charge in [0.05, 0.1) is 5.56 Å². The quantitative estimate of drug-likeness (QED) is 0.449. The summed E-state index contributed by atoms with van der Waals surface area (Å²) in [5, 5.41) is 3.24. The van der Waals surface area contributed by atoms with E-state index in [1.807, 2.05) is 24.3 Å². The molecule has 1 aliphatic heterocycles. The molecule has 0 saturated heterocycles. The molecule has 0 spiro atoms. The van der Waals surface area contributed by atoms with Gasteiger partial charge in [-0.3, -0.25) is 9.59 Å². The maximum atomic E-state index is 13.9. The number of rotatable bonds is 4. The van der Waals surface area contributed by atoms with Gasteiger partial charge in [-0.2, -0.15) is 4.98 Å². The van der Waals surface area contributed by atoms with Gasteiger partial charge >= 0.3 is 0 Å². The molecule has 2 aromatic carbocycles. The van der Waals surface area contributed by atoms with Gasteiger partial charge in [0.25, 0.3) is 5.56 Å². The Morgan fingerprint density at radius 2 is 1.93 bits per heavy atom. The lowest BCUT2D eigenvalue weighted by Gasteiger charge is -2.28. The van der Waals surface area contributed by atoms with Crippen molar-refractivity contribution in [3.8, 4) is 0 Å². The van der Waals surface area contributed by atoms with Crippen LogP contribution >= 0.6 is 27.7 Å². The van der Waals surface area contributed by atoms with Crippen LogP contribution in [0.4, 0.5) is 10.2 Å². The number of amides is 1. The first-order valence-electron chi connectivity index (χ1n) is 8.97. The Balaban J connectivity index is 1.75. The lowest BCUT2D eigenvalue weighted by atomic mass is 9.87. The monoisotopic (exact) mass is 473 g/mol. The van der Waals surface area contributed by atoms with Crippen molar-refractivity contribution in [3.63, 3.8) is 0 Å². The van der Waals surface area contributed by atoms with E-state index in [0.717, 1.165) is 10.0 Å². The molecule has 5 nitrogen and oxygen atoms in total. The molecule has 1 atom stereocenters. The van der Waals surface area contributed by atoms with Gasteiger partial charge in [-0.1, -0.05) is 64.1 Å². The smallest absolute Gasteiger partial charge is 0.279 e. The Kier molecular flexibility index (Phi) is 5.56. The highest BCUT2D eigenvalue weighted by molar-refractivity contribution is 9.10. The summed E-state index contributed by atoms with van der Waals surface area (Å²) in [6, 6.07) is 14.0. The average Bonchev–Trinajstić information content (AvgIpc) is 2.70. The van der Waals surface area contributed by atoms with E-state index in [2.05, 4.69) is 26.2 Å². The molecule has 1 aromatic heterocycles. The van der Waals surface area contributed by atoms with Crippen LogP contribution in [-0.2, 0) is 17.6 Å². The van der Waals surface area contributed by atoms with Gasteiger partial charge in [-0.15, -0.1) is 0 Å². The maximum Gasteiger partial charge on any atom is 0.279 e. The van der Waals surface area contributed by atoms with Gasteiger partial charge < -0.3 is 9.88 Å². The van der Waals surface area contributed by atoms with Crippen molar-refractivity contribution in [3.05, 3.63) is 85.9 Å². The number of halogens is 2. The number of carbonyl (C=O) groups is 1. The molecular weight excluding hydrogens is 457 g/mol. The zero-order chi connectivity index (χ0) is 20.5. The number of nitrogens with zero attached hydrogens (tertiary/aromatic N) is 2. The van der Waals surface area contributed by atoms with E-state index >= 15 is 0 Å². The molecule has 0 bridgehead atoms. The molecule has 0 fully saturated rings. The summed E-state index contributed by atoms with van der Waals surface area (Å²) in [6.07, 6.45) is 0.175. The zero-order valence-electron chi connectivity index (χ0n) is 15.5.